The number of anilines is 2. The fourth-order valence-electron chi connectivity index (χ4n) is 3.43. The van der Waals surface area contributed by atoms with Crippen LogP contribution in [0.4, 0.5) is 10.8 Å². The van der Waals surface area contributed by atoms with Crippen molar-refractivity contribution < 1.29 is 14.3 Å². The molecule has 1 fully saturated rings. The summed E-state index contributed by atoms with van der Waals surface area (Å²) >= 11 is 3.00. The van der Waals surface area contributed by atoms with Gasteiger partial charge in [0.25, 0.3) is 0 Å². The summed E-state index contributed by atoms with van der Waals surface area (Å²) in [7, 11) is 3.15. The van der Waals surface area contributed by atoms with Crippen LogP contribution in [0.2, 0.25) is 0 Å². The molecule has 0 saturated carbocycles. The maximum Gasteiger partial charge on any atom is 0.234 e. The van der Waals surface area contributed by atoms with Gasteiger partial charge in [-0.05, 0) is 12.8 Å². The van der Waals surface area contributed by atoms with Gasteiger partial charge in [-0.2, -0.15) is 4.98 Å². The van der Waals surface area contributed by atoms with Gasteiger partial charge in [-0.3, -0.25) is 4.79 Å². The second-order valence-corrected chi connectivity index (χ2v) is 9.11. The molecule has 1 aromatic carbocycles. The summed E-state index contributed by atoms with van der Waals surface area (Å²) in [5.74, 6) is 1.32. The average Bonchev–Trinajstić information content (AvgIpc) is 3.04. The summed E-state index contributed by atoms with van der Waals surface area (Å²) in [5.41, 5.74) is 1.32. The molecule has 0 spiro atoms. The average molecular weight is 460 g/mol. The summed E-state index contributed by atoms with van der Waals surface area (Å²) in [6.07, 6.45) is 6.45. The van der Waals surface area contributed by atoms with E-state index in [9.17, 15) is 4.79 Å². The Kier molecular flexibility index (Phi) is 7.08. The number of carbonyl (C=O) groups is 1. The van der Waals surface area contributed by atoms with Crippen molar-refractivity contribution >= 4 is 50.2 Å². The van der Waals surface area contributed by atoms with E-state index in [-0.39, 0.29) is 11.7 Å². The van der Waals surface area contributed by atoms with Crippen molar-refractivity contribution in [2.75, 3.05) is 43.3 Å². The van der Waals surface area contributed by atoms with Crippen molar-refractivity contribution in [2.24, 2.45) is 0 Å². The number of nitrogens with one attached hydrogen (secondary N) is 1. The van der Waals surface area contributed by atoms with Gasteiger partial charge in [0.2, 0.25) is 5.91 Å². The molecule has 0 bridgehead atoms. The van der Waals surface area contributed by atoms with Crippen molar-refractivity contribution in [1.82, 2.24) is 15.0 Å². The molecule has 1 aliphatic heterocycles. The van der Waals surface area contributed by atoms with Crippen LogP contribution in [0.15, 0.2) is 29.6 Å². The molecule has 2 aromatic heterocycles. The van der Waals surface area contributed by atoms with Gasteiger partial charge in [-0.25, -0.2) is 9.97 Å². The van der Waals surface area contributed by atoms with E-state index < -0.39 is 0 Å². The van der Waals surface area contributed by atoms with Crippen LogP contribution in [0.1, 0.15) is 25.7 Å². The lowest BCUT2D eigenvalue weighted by Crippen LogP contribution is -2.23. The minimum absolute atomic E-state index is 0.135. The van der Waals surface area contributed by atoms with Gasteiger partial charge in [0, 0.05) is 37.0 Å². The van der Waals surface area contributed by atoms with E-state index in [0.717, 1.165) is 27.9 Å². The largest absolute Gasteiger partial charge is 0.497 e. The van der Waals surface area contributed by atoms with Gasteiger partial charge in [0.15, 0.2) is 10.8 Å². The molecular weight excluding hydrogens is 434 g/mol. The maximum atomic E-state index is 12.5. The van der Waals surface area contributed by atoms with Gasteiger partial charge in [-0.1, -0.05) is 35.9 Å². The molecule has 1 aliphatic rings. The summed E-state index contributed by atoms with van der Waals surface area (Å²) in [6.45, 7) is 2.06. The van der Waals surface area contributed by atoms with Crippen LogP contribution >= 0.6 is 23.1 Å². The van der Waals surface area contributed by atoms with E-state index in [0.29, 0.717) is 22.8 Å². The van der Waals surface area contributed by atoms with E-state index in [4.69, 9.17) is 14.5 Å². The van der Waals surface area contributed by atoms with Crippen LogP contribution in [-0.2, 0) is 4.79 Å². The van der Waals surface area contributed by atoms with E-state index in [2.05, 4.69) is 20.2 Å². The Morgan fingerprint density at radius 2 is 1.81 bits per heavy atom. The van der Waals surface area contributed by atoms with Crippen molar-refractivity contribution in [2.45, 2.75) is 30.7 Å². The highest BCUT2D eigenvalue weighted by molar-refractivity contribution is 8.00. The zero-order valence-corrected chi connectivity index (χ0v) is 19.2. The molecular formula is C21H25N5O3S2. The highest BCUT2D eigenvalue weighted by atomic mass is 32.2. The number of rotatable bonds is 7. The minimum Gasteiger partial charge on any atom is -0.497 e. The number of ether oxygens (including phenoxy) is 2. The van der Waals surface area contributed by atoms with Crippen molar-refractivity contribution in [3.05, 3.63) is 24.5 Å². The second kappa shape index (κ2) is 10.1. The predicted octanol–water partition coefficient (Wildman–Crippen LogP) is 4.21. The third-order valence-electron chi connectivity index (χ3n) is 5.00. The Morgan fingerprint density at radius 3 is 2.48 bits per heavy atom. The molecule has 4 rings (SSSR count). The second-order valence-electron chi connectivity index (χ2n) is 7.17. The molecule has 3 heterocycles. The number of thiazole rings is 1. The van der Waals surface area contributed by atoms with E-state index in [1.165, 1.54) is 43.8 Å². The van der Waals surface area contributed by atoms with Crippen molar-refractivity contribution in [3.63, 3.8) is 0 Å². The zero-order chi connectivity index (χ0) is 21.6. The third-order valence-corrected chi connectivity index (χ3v) is 7.23. The minimum atomic E-state index is -0.135. The molecule has 0 radical (unpaired) electrons. The van der Waals surface area contributed by atoms with Crippen LogP contribution < -0.4 is 19.7 Å². The van der Waals surface area contributed by atoms with Crippen LogP contribution in [0, 0.1) is 0 Å². The van der Waals surface area contributed by atoms with Gasteiger partial charge in [0.1, 0.15) is 27.6 Å². The first kappa shape index (κ1) is 21.6. The standard InChI is InChI=1S/C21H25N5O3S2/c1-28-15-9-14(10-16(11-15)29-2)24-17(27)12-30-20-18-19(22-13-23-20)25-21(31-18)26-7-5-3-4-6-8-26/h9-11,13H,3-8,12H2,1-2H3,(H,24,27). The van der Waals surface area contributed by atoms with Gasteiger partial charge in [0.05, 0.1) is 20.0 Å². The van der Waals surface area contributed by atoms with E-state index >= 15 is 0 Å². The molecule has 1 amide bonds. The molecule has 0 atom stereocenters. The molecule has 1 N–H and O–H groups in total. The number of aromatic nitrogens is 3. The number of nitrogens with zero attached hydrogens (tertiary/aromatic N) is 4. The Labute approximate surface area is 189 Å². The predicted molar refractivity (Wildman–Crippen MR) is 125 cm³/mol. The molecule has 10 heteroatoms. The van der Waals surface area contributed by atoms with Crippen LogP contribution in [0.5, 0.6) is 11.5 Å². The van der Waals surface area contributed by atoms with Crippen LogP contribution in [0.25, 0.3) is 10.3 Å². The summed E-state index contributed by atoms with van der Waals surface area (Å²) in [6, 6.07) is 5.27. The van der Waals surface area contributed by atoms with Crippen molar-refractivity contribution in [1.29, 1.82) is 0 Å². The highest BCUT2D eigenvalue weighted by Crippen LogP contribution is 2.34. The third kappa shape index (κ3) is 5.37. The quantitative estimate of drug-likeness (QED) is 0.415. The fourth-order valence-corrected chi connectivity index (χ4v) is 5.37. The summed E-state index contributed by atoms with van der Waals surface area (Å²) in [4.78, 5) is 28.3. The monoisotopic (exact) mass is 459 g/mol. The first-order chi connectivity index (χ1) is 15.2. The number of amides is 1. The molecule has 3 aromatic rings. The Morgan fingerprint density at radius 1 is 1.10 bits per heavy atom. The molecule has 8 nitrogen and oxygen atoms in total. The topological polar surface area (TPSA) is 89.5 Å². The number of fused-ring (bicyclic) bond motifs is 1. The van der Waals surface area contributed by atoms with Crippen molar-refractivity contribution in [3.8, 4) is 11.5 Å². The van der Waals surface area contributed by atoms with Gasteiger partial charge >= 0.3 is 0 Å². The first-order valence-electron chi connectivity index (χ1n) is 10.2. The zero-order valence-electron chi connectivity index (χ0n) is 17.6. The summed E-state index contributed by atoms with van der Waals surface area (Å²) in [5, 5.41) is 4.66. The first-order valence-corrected chi connectivity index (χ1v) is 12.0. The smallest absolute Gasteiger partial charge is 0.234 e. The maximum absolute atomic E-state index is 12.5. The van der Waals surface area contributed by atoms with Crippen LogP contribution in [-0.4, -0.2) is 53.9 Å². The summed E-state index contributed by atoms with van der Waals surface area (Å²) < 4.78 is 11.4. The molecule has 0 unspecified atom stereocenters. The fraction of sp³-hybridized carbons (Fsp3) is 0.429. The normalized spacial score (nSPS) is 14.3. The number of hydrogen-bond acceptors (Lipinski definition) is 9. The SMILES string of the molecule is COc1cc(NC(=O)CSc2ncnc3nc(N4CCCCCC4)sc23)cc(OC)c1. The Hall–Kier alpha value is -2.59. The lowest BCUT2D eigenvalue weighted by atomic mass is 10.2. The van der Waals surface area contributed by atoms with Gasteiger partial charge < -0.3 is 19.7 Å². The number of thioether (sulfide) groups is 1. The molecule has 1 saturated heterocycles. The number of carbonyl (C=O) groups excluding carboxylic acids is 1. The molecule has 164 valence electrons. The van der Waals surface area contributed by atoms with Gasteiger partial charge in [-0.15, -0.1) is 0 Å². The molecule has 31 heavy (non-hydrogen) atoms. The lowest BCUT2D eigenvalue weighted by Gasteiger charge is -2.18. The Bertz CT molecular complexity index is 1030. The Balaban J connectivity index is 1.44. The number of hydrogen-bond donors (Lipinski definition) is 1. The van der Waals surface area contributed by atoms with Crippen LogP contribution in [0.3, 0.4) is 0 Å². The molecule has 0 aliphatic carbocycles. The lowest BCUT2D eigenvalue weighted by molar-refractivity contribution is -0.113. The number of methoxy groups -OCH3 is 2. The van der Waals surface area contributed by atoms with E-state index in [1.54, 1.807) is 43.8 Å². The van der Waals surface area contributed by atoms with E-state index in [1.807, 2.05) is 0 Å². The highest BCUT2D eigenvalue weighted by Gasteiger charge is 2.18. The number of benzene rings is 1.